The highest BCUT2D eigenvalue weighted by Crippen LogP contribution is 2.54. The molecule has 0 N–H and O–H groups in total. The van der Waals surface area contributed by atoms with Crippen LogP contribution in [-0.2, 0) is 54.4 Å². The maximum Gasteiger partial charge on any atom is 0.534 e. The first-order valence-electron chi connectivity index (χ1n) is 20.8. The molecule has 2 aromatic rings. The minimum atomic E-state index is -5.69. The second kappa shape index (κ2) is 15.9. The molecule has 0 spiro atoms. The van der Waals surface area contributed by atoms with Crippen LogP contribution in [0.3, 0.4) is 0 Å². The molecule has 5 aliphatic rings. The number of carbonyl (C=O) groups excluding carboxylic acids is 2. The molecule has 0 saturated carbocycles. The van der Waals surface area contributed by atoms with E-state index in [4.69, 9.17) is 18.6 Å². The van der Waals surface area contributed by atoms with Gasteiger partial charge in [0.25, 0.3) is 0 Å². The molecule has 2 aromatic carbocycles. The zero-order valence-electron chi connectivity index (χ0n) is 37.4. The van der Waals surface area contributed by atoms with Gasteiger partial charge in [0.1, 0.15) is 5.75 Å². The third kappa shape index (κ3) is 9.27. The molecule has 0 bridgehead atoms. The van der Waals surface area contributed by atoms with Crippen molar-refractivity contribution < 1.29 is 54.0 Å². The lowest BCUT2D eigenvalue weighted by Crippen LogP contribution is -2.41. The van der Waals surface area contributed by atoms with E-state index in [0.717, 1.165) is 36.4 Å². The zero-order valence-corrected chi connectivity index (χ0v) is 38.2. The Hall–Kier alpha value is -2.65. The monoisotopic (exact) mass is 844 g/mol. The van der Waals surface area contributed by atoms with Crippen LogP contribution in [0.2, 0.25) is 12.6 Å². The number of ketones is 2. The van der Waals surface area contributed by atoms with E-state index in [9.17, 15) is 31.2 Å². The van der Waals surface area contributed by atoms with E-state index in [0.29, 0.717) is 53.4 Å². The number of carbonyl (C=O) groups is 2. The molecule has 0 unspecified atom stereocenters. The lowest BCUT2D eigenvalue weighted by Gasteiger charge is -2.35. The summed E-state index contributed by atoms with van der Waals surface area (Å²) in [6, 6.07) is 6.35. The fourth-order valence-electron chi connectivity index (χ4n) is 8.71. The molecular weight excluding hydrogens is 782 g/mol. The van der Waals surface area contributed by atoms with Gasteiger partial charge in [0.15, 0.2) is 18.2 Å². The number of Topliss-reactive ketones (excluding diaryl/α,β-unsaturated/α-hetero) is 2. The van der Waals surface area contributed by atoms with Crippen LogP contribution in [0.25, 0.3) is 0 Å². The Morgan fingerprint density at radius 3 is 1.44 bits per heavy atom. The standard InChI is InChI=1S/C17H23BO3.C14H28B2O2.C12H11F3O4S/c1-11(19)12-9-10-15(14-8-6-7-13(12)14)18-20-16(2,3)17(4,5)21-18;1-11(2)9-15(10-12(11,3)4)16-17-13(5,6)14(7,8)18-16;1-7(16)8-5-6-11(10-4-2-3-9(8)10)19-20(17,18)12(13,14)15/h9-10H,6-8H2,1-5H3;9-10H2,1-8H3;5-6H,2-4H2,1H3. The second-order valence-electron chi connectivity index (χ2n) is 20.2. The third-order valence-corrected chi connectivity index (χ3v) is 15.3. The summed E-state index contributed by atoms with van der Waals surface area (Å²) < 4.78 is 87.9. The molecule has 0 atom stereocenters. The Bertz CT molecular complexity index is 2000. The Morgan fingerprint density at radius 1 is 0.610 bits per heavy atom. The number of alkyl halides is 3. The summed E-state index contributed by atoms with van der Waals surface area (Å²) >= 11 is 0. The average molecular weight is 844 g/mol. The lowest BCUT2D eigenvalue weighted by atomic mass is 9.22. The maximum absolute atomic E-state index is 12.3. The first-order valence-corrected chi connectivity index (χ1v) is 22.2. The minimum absolute atomic E-state index is 0.0314. The van der Waals surface area contributed by atoms with Crippen LogP contribution in [-0.4, -0.2) is 68.6 Å². The summed E-state index contributed by atoms with van der Waals surface area (Å²) in [5, 5.41) is 0. The first-order chi connectivity index (χ1) is 26.7. The van der Waals surface area contributed by atoms with Crippen molar-refractivity contribution in [3.05, 3.63) is 57.6 Å². The first kappa shape index (κ1) is 47.4. The molecule has 2 aliphatic carbocycles. The molecule has 0 radical (unpaired) electrons. The van der Waals surface area contributed by atoms with Crippen LogP contribution in [0.15, 0.2) is 24.3 Å². The fourth-order valence-corrected chi connectivity index (χ4v) is 9.20. The molecule has 3 fully saturated rings. The number of halogens is 3. The lowest BCUT2D eigenvalue weighted by molar-refractivity contribution is -0.0500. The number of fused-ring (bicyclic) bond motifs is 2. The van der Waals surface area contributed by atoms with Crippen LogP contribution in [0.4, 0.5) is 13.2 Å². The SMILES string of the molecule is CC(=O)c1ccc(B2OC(C)(C)C(C)(C)O2)c2c1CCC2.CC(=O)c1ccc(OS(=O)(=O)C(F)(F)F)c2c1CCC2.CC1(C)CB(B2OC(C)(C)C(C)(C)O2)CC1(C)C. The number of hydrogen-bond donors (Lipinski definition) is 0. The second-order valence-corrected chi connectivity index (χ2v) is 21.7. The van der Waals surface area contributed by atoms with E-state index in [2.05, 4.69) is 87.3 Å². The highest BCUT2D eigenvalue weighted by Gasteiger charge is 2.60. The number of hydrogen-bond acceptors (Lipinski definition) is 9. The molecule has 59 heavy (non-hydrogen) atoms. The highest BCUT2D eigenvalue weighted by atomic mass is 32.2. The number of rotatable bonds is 6. The van der Waals surface area contributed by atoms with E-state index in [1.165, 1.54) is 36.8 Å². The van der Waals surface area contributed by atoms with Crippen LogP contribution in [0, 0.1) is 10.8 Å². The van der Waals surface area contributed by atoms with Gasteiger partial charge in [0.05, 0.1) is 22.4 Å². The van der Waals surface area contributed by atoms with E-state index in [1.54, 1.807) is 6.92 Å². The predicted octanol–water partition coefficient (Wildman–Crippen LogP) is 9.00. The summed E-state index contributed by atoms with van der Waals surface area (Å²) in [5.74, 6) is -0.415. The molecule has 9 nitrogen and oxygen atoms in total. The highest BCUT2D eigenvalue weighted by molar-refractivity contribution is 7.88. The van der Waals surface area contributed by atoms with Crippen LogP contribution < -0.4 is 9.65 Å². The zero-order chi connectivity index (χ0) is 44.5. The molecule has 0 amide bonds. The maximum atomic E-state index is 12.3. The van der Waals surface area contributed by atoms with Gasteiger partial charge in [-0.3, -0.25) is 9.59 Å². The van der Waals surface area contributed by atoms with E-state index < -0.39 is 15.6 Å². The average Bonchev–Trinajstić information content (AvgIpc) is 3.87. The van der Waals surface area contributed by atoms with Gasteiger partial charge in [-0.05, 0) is 158 Å². The summed E-state index contributed by atoms with van der Waals surface area (Å²) in [6.45, 7) is 29.8. The quantitative estimate of drug-likeness (QED) is 0.122. The van der Waals surface area contributed by atoms with Crippen molar-refractivity contribution in [2.75, 3.05) is 0 Å². The van der Waals surface area contributed by atoms with Crippen molar-refractivity contribution in [2.24, 2.45) is 10.8 Å². The molecular formula is C43H62B3F3O9S. The molecule has 3 heterocycles. The van der Waals surface area contributed by atoms with E-state index in [1.807, 2.05) is 12.1 Å². The normalized spacial score (nSPS) is 22.8. The summed E-state index contributed by atoms with van der Waals surface area (Å²) in [5.41, 5.74) is -0.0364. The molecule has 3 saturated heterocycles. The van der Waals surface area contributed by atoms with Crippen LogP contribution in [0.1, 0.15) is 153 Å². The molecule has 0 aromatic heterocycles. The van der Waals surface area contributed by atoms with Gasteiger partial charge in [0, 0.05) is 11.1 Å². The van der Waals surface area contributed by atoms with E-state index >= 15 is 0 Å². The van der Waals surface area contributed by atoms with Crippen molar-refractivity contribution in [1.82, 2.24) is 0 Å². The van der Waals surface area contributed by atoms with Crippen molar-refractivity contribution in [1.29, 1.82) is 0 Å². The van der Waals surface area contributed by atoms with E-state index in [-0.39, 0.29) is 53.8 Å². The molecule has 7 rings (SSSR count). The van der Waals surface area contributed by atoms with Gasteiger partial charge < -0.3 is 22.8 Å². The van der Waals surface area contributed by atoms with Gasteiger partial charge in [-0.25, -0.2) is 0 Å². The van der Waals surface area contributed by atoms with Crippen LogP contribution in [0.5, 0.6) is 5.75 Å². The van der Waals surface area contributed by atoms with Crippen molar-refractivity contribution in [2.45, 2.75) is 176 Å². The Labute approximate surface area is 351 Å². The predicted molar refractivity (Wildman–Crippen MR) is 227 cm³/mol. The Morgan fingerprint density at radius 2 is 1.00 bits per heavy atom. The summed E-state index contributed by atoms with van der Waals surface area (Å²) in [7, 11) is -6.05. The van der Waals surface area contributed by atoms with Crippen molar-refractivity contribution in [3.63, 3.8) is 0 Å². The number of benzene rings is 2. The molecule has 16 heteroatoms. The fraction of sp³-hybridized carbons (Fsp3) is 0.674. The Balaban J connectivity index is 0.000000169. The Kier molecular flexibility index (Phi) is 12.8. The van der Waals surface area contributed by atoms with Gasteiger partial charge in [-0.15, -0.1) is 0 Å². The smallest absolute Gasteiger partial charge is 0.410 e. The van der Waals surface area contributed by atoms with Crippen LogP contribution >= 0.6 is 0 Å². The molecule has 324 valence electrons. The molecule has 3 aliphatic heterocycles. The van der Waals surface area contributed by atoms with Gasteiger partial charge in [0.2, 0.25) is 0 Å². The minimum Gasteiger partial charge on any atom is -0.410 e. The van der Waals surface area contributed by atoms with Gasteiger partial charge in [-0.2, -0.15) is 21.6 Å². The van der Waals surface area contributed by atoms with Gasteiger partial charge in [-0.1, -0.05) is 52.5 Å². The third-order valence-electron chi connectivity index (χ3n) is 14.3. The topological polar surface area (TPSA) is 114 Å². The summed E-state index contributed by atoms with van der Waals surface area (Å²) in [4.78, 5) is 23.2. The summed E-state index contributed by atoms with van der Waals surface area (Å²) in [6.07, 6.45) is 7.03. The van der Waals surface area contributed by atoms with Gasteiger partial charge >= 0.3 is 29.8 Å². The van der Waals surface area contributed by atoms with Crippen molar-refractivity contribution >= 4 is 47.9 Å². The largest absolute Gasteiger partial charge is 0.534 e. The van der Waals surface area contributed by atoms with Crippen molar-refractivity contribution in [3.8, 4) is 5.75 Å².